The number of sulfone groups is 1. The van der Waals surface area contributed by atoms with E-state index in [1.807, 2.05) is 6.92 Å². The molecule has 2 heterocycles. The van der Waals surface area contributed by atoms with E-state index in [4.69, 9.17) is 0 Å². The average molecular weight is 497 g/mol. The van der Waals surface area contributed by atoms with Crippen molar-refractivity contribution in [2.75, 3.05) is 5.75 Å². The highest BCUT2D eigenvalue weighted by atomic mass is 32.2. The Labute approximate surface area is 205 Å². The molecule has 35 heavy (non-hydrogen) atoms. The first-order valence-corrected chi connectivity index (χ1v) is 13.0. The molecule has 0 spiro atoms. The maximum Gasteiger partial charge on any atom is 0.252 e. The Morgan fingerprint density at radius 1 is 1.23 bits per heavy atom. The number of halogens is 1. The van der Waals surface area contributed by atoms with E-state index in [-0.39, 0.29) is 22.5 Å². The van der Waals surface area contributed by atoms with Gasteiger partial charge in [0.2, 0.25) is 0 Å². The minimum absolute atomic E-state index is 0.00590. The molecule has 1 atom stereocenters. The van der Waals surface area contributed by atoms with E-state index in [1.54, 1.807) is 55.1 Å². The van der Waals surface area contributed by atoms with Crippen molar-refractivity contribution < 1.29 is 17.6 Å². The topological polar surface area (TPSA) is 93.9 Å². The largest absolute Gasteiger partial charge is 0.345 e. The molecule has 0 radical (unpaired) electrons. The van der Waals surface area contributed by atoms with Crippen LogP contribution in [0.25, 0.3) is 17.3 Å². The van der Waals surface area contributed by atoms with Crippen LogP contribution in [-0.4, -0.2) is 34.8 Å². The summed E-state index contributed by atoms with van der Waals surface area (Å²) in [6.45, 7) is 9.17. The van der Waals surface area contributed by atoms with Crippen molar-refractivity contribution in [1.29, 1.82) is 0 Å². The molecule has 0 bridgehead atoms. The van der Waals surface area contributed by atoms with E-state index < -0.39 is 15.9 Å². The lowest BCUT2D eigenvalue weighted by atomic mass is 10.0. The van der Waals surface area contributed by atoms with Gasteiger partial charge in [-0.2, -0.15) is 5.10 Å². The molecule has 0 aliphatic carbocycles. The van der Waals surface area contributed by atoms with Gasteiger partial charge in [-0.05, 0) is 61.4 Å². The number of nitrogens with zero attached hydrogens (tertiary/aromatic N) is 3. The number of rotatable bonds is 10. The van der Waals surface area contributed by atoms with Crippen molar-refractivity contribution >= 4 is 27.4 Å². The molecule has 7 nitrogen and oxygen atoms in total. The summed E-state index contributed by atoms with van der Waals surface area (Å²) in [5.74, 6) is -0.744. The number of allylic oxidation sites excluding steroid dienone is 1. The van der Waals surface area contributed by atoms with E-state index in [9.17, 15) is 17.6 Å². The number of nitrogens with one attached hydrogen (secondary N) is 1. The van der Waals surface area contributed by atoms with Crippen molar-refractivity contribution in [2.45, 2.75) is 44.7 Å². The molecule has 1 amide bonds. The Bertz CT molecular complexity index is 1350. The second kappa shape index (κ2) is 11.2. The van der Waals surface area contributed by atoms with Crippen molar-refractivity contribution in [3.63, 3.8) is 0 Å². The number of carbonyl (C=O) groups is 1. The van der Waals surface area contributed by atoms with Crippen LogP contribution in [0.15, 0.2) is 66.5 Å². The number of aromatic nitrogens is 3. The number of hydrogen-bond donors (Lipinski definition) is 1. The third-order valence-electron chi connectivity index (χ3n) is 5.64. The number of benzene rings is 1. The quantitative estimate of drug-likeness (QED) is 0.403. The van der Waals surface area contributed by atoms with Crippen LogP contribution < -0.4 is 5.32 Å². The Hall–Kier alpha value is -3.59. The summed E-state index contributed by atoms with van der Waals surface area (Å²) < 4.78 is 39.6. The first-order valence-electron chi connectivity index (χ1n) is 11.4. The first-order chi connectivity index (χ1) is 16.7. The highest BCUT2D eigenvalue weighted by Crippen LogP contribution is 2.26. The van der Waals surface area contributed by atoms with Crippen LogP contribution in [0.3, 0.4) is 0 Å². The first kappa shape index (κ1) is 26.0. The number of amides is 1. The summed E-state index contributed by atoms with van der Waals surface area (Å²) in [4.78, 5) is 17.4. The lowest BCUT2D eigenvalue weighted by Crippen LogP contribution is -2.29. The molecule has 0 saturated heterocycles. The zero-order chi connectivity index (χ0) is 25.6. The smallest absolute Gasteiger partial charge is 0.252 e. The van der Waals surface area contributed by atoms with Gasteiger partial charge in [-0.15, -0.1) is 0 Å². The van der Waals surface area contributed by atoms with Crippen molar-refractivity contribution in [3.05, 3.63) is 84.1 Å². The molecule has 184 valence electrons. The summed E-state index contributed by atoms with van der Waals surface area (Å²) in [6.07, 6.45) is 7.69. The predicted molar refractivity (Wildman–Crippen MR) is 135 cm³/mol. The van der Waals surface area contributed by atoms with E-state index in [0.29, 0.717) is 34.5 Å². The second-order valence-electron chi connectivity index (χ2n) is 7.88. The van der Waals surface area contributed by atoms with Crippen LogP contribution in [0.4, 0.5) is 4.39 Å². The van der Waals surface area contributed by atoms with Gasteiger partial charge in [-0.3, -0.25) is 4.79 Å². The fourth-order valence-corrected chi connectivity index (χ4v) is 4.60. The zero-order valence-electron chi connectivity index (χ0n) is 20.0. The zero-order valence-corrected chi connectivity index (χ0v) is 20.8. The van der Waals surface area contributed by atoms with E-state index in [0.717, 1.165) is 6.42 Å². The monoisotopic (exact) mass is 496 g/mol. The lowest BCUT2D eigenvalue weighted by Gasteiger charge is -2.20. The highest BCUT2D eigenvalue weighted by Gasteiger charge is 2.23. The van der Waals surface area contributed by atoms with Crippen molar-refractivity contribution in [2.24, 2.45) is 0 Å². The molecule has 1 unspecified atom stereocenters. The van der Waals surface area contributed by atoms with Gasteiger partial charge in [0.15, 0.2) is 14.9 Å². The van der Waals surface area contributed by atoms with E-state index in [2.05, 4.69) is 22.0 Å². The molecule has 1 aromatic carbocycles. The molecular weight excluding hydrogens is 467 g/mol. The fourth-order valence-electron chi connectivity index (χ4n) is 3.77. The number of hydrogen-bond acceptors (Lipinski definition) is 5. The molecule has 2 aromatic heterocycles. The van der Waals surface area contributed by atoms with Gasteiger partial charge in [0.25, 0.3) is 5.91 Å². The standard InChI is InChI=1S/C26H29FN4O3S/c1-5-9-23(18-14-15-28-25(16-18)35(33,34)8-4)30-26(32)21(6-2)22-17-29-31(24(22)7-3)20-12-10-19(27)11-13-20/h6-7,10-17,23H,3,5,8-9H2,1-2,4H3,(H,30,32)/b21-6+. The maximum absolute atomic E-state index is 13.4. The summed E-state index contributed by atoms with van der Waals surface area (Å²) in [7, 11) is -3.48. The fraction of sp³-hybridized carbons (Fsp3) is 0.269. The van der Waals surface area contributed by atoms with Gasteiger partial charge < -0.3 is 5.32 Å². The molecule has 3 rings (SSSR count). The van der Waals surface area contributed by atoms with Crippen LogP contribution in [0.2, 0.25) is 0 Å². The molecule has 0 fully saturated rings. The van der Waals surface area contributed by atoms with Crippen molar-refractivity contribution in [3.8, 4) is 5.69 Å². The molecule has 0 aliphatic rings. The van der Waals surface area contributed by atoms with Crippen LogP contribution in [0.5, 0.6) is 0 Å². The molecule has 1 N–H and O–H groups in total. The van der Waals surface area contributed by atoms with Gasteiger partial charge in [0.05, 0.1) is 29.4 Å². The Balaban J connectivity index is 1.93. The SMILES string of the molecule is C=Cc1c(/C(=C\C)C(=O)NC(CCC)c2ccnc(S(=O)(=O)CC)c2)cnn1-c1ccc(F)cc1. The number of pyridine rings is 1. The summed E-state index contributed by atoms with van der Waals surface area (Å²) >= 11 is 0. The van der Waals surface area contributed by atoms with Crippen molar-refractivity contribution in [1.82, 2.24) is 20.1 Å². The van der Waals surface area contributed by atoms with Crippen LogP contribution >= 0.6 is 0 Å². The van der Waals surface area contributed by atoms with Crippen LogP contribution in [-0.2, 0) is 14.6 Å². The molecule has 0 aliphatic heterocycles. The highest BCUT2D eigenvalue weighted by molar-refractivity contribution is 7.91. The molecular formula is C26H29FN4O3S. The summed E-state index contributed by atoms with van der Waals surface area (Å²) in [6, 6.07) is 8.70. The van der Waals surface area contributed by atoms with Gasteiger partial charge >= 0.3 is 0 Å². The molecule has 0 saturated carbocycles. The third kappa shape index (κ3) is 5.74. The minimum Gasteiger partial charge on any atom is -0.345 e. The third-order valence-corrected chi connectivity index (χ3v) is 7.26. The summed E-state index contributed by atoms with van der Waals surface area (Å²) in [5, 5.41) is 7.42. The predicted octanol–water partition coefficient (Wildman–Crippen LogP) is 4.90. The van der Waals surface area contributed by atoms with Gasteiger partial charge in [-0.1, -0.05) is 32.9 Å². The van der Waals surface area contributed by atoms with E-state index >= 15 is 0 Å². The normalized spacial score (nSPS) is 12.9. The van der Waals surface area contributed by atoms with Crippen LogP contribution in [0, 0.1) is 5.82 Å². The van der Waals surface area contributed by atoms with E-state index in [1.165, 1.54) is 24.4 Å². The van der Waals surface area contributed by atoms with Gasteiger partial charge in [-0.25, -0.2) is 22.5 Å². The maximum atomic E-state index is 13.4. The molecule has 9 heteroatoms. The molecule has 3 aromatic rings. The Kier molecular flexibility index (Phi) is 8.34. The van der Waals surface area contributed by atoms with Gasteiger partial charge in [0, 0.05) is 17.3 Å². The summed E-state index contributed by atoms with van der Waals surface area (Å²) in [5.41, 5.74) is 2.86. The second-order valence-corrected chi connectivity index (χ2v) is 10.1. The van der Waals surface area contributed by atoms with Gasteiger partial charge in [0.1, 0.15) is 5.82 Å². The number of carbonyl (C=O) groups excluding carboxylic acids is 1. The average Bonchev–Trinajstić information content (AvgIpc) is 3.28. The minimum atomic E-state index is -3.48. The van der Waals surface area contributed by atoms with Crippen LogP contribution in [0.1, 0.15) is 56.5 Å². The lowest BCUT2D eigenvalue weighted by molar-refractivity contribution is -0.116. The Morgan fingerprint density at radius 2 is 1.94 bits per heavy atom. The Morgan fingerprint density at radius 3 is 2.54 bits per heavy atom.